The molecule has 1 N–H and O–H groups in total. The smallest absolute Gasteiger partial charge is 0.226 e. The maximum atomic E-state index is 12.1. The second-order valence-corrected chi connectivity index (χ2v) is 5.50. The molecule has 0 atom stereocenters. The fraction of sp³-hybridized carbons (Fsp3) is 0.375. The van der Waals surface area contributed by atoms with Crippen LogP contribution >= 0.6 is 11.6 Å². The Hall–Kier alpha value is -2.01. The Balaban J connectivity index is 1.96. The molecule has 0 saturated carbocycles. The Morgan fingerprint density at radius 1 is 1.45 bits per heavy atom. The molecule has 6 heteroatoms. The maximum absolute atomic E-state index is 12.1. The van der Waals surface area contributed by atoms with Gasteiger partial charge in [-0.15, -0.1) is 0 Å². The Morgan fingerprint density at radius 3 is 2.95 bits per heavy atom. The Bertz CT molecular complexity index is 640. The number of anilines is 1. The van der Waals surface area contributed by atoms with Crippen molar-refractivity contribution < 1.29 is 9.53 Å². The van der Waals surface area contributed by atoms with Gasteiger partial charge in [0.05, 0.1) is 18.5 Å². The summed E-state index contributed by atoms with van der Waals surface area (Å²) >= 11 is 5.99. The molecule has 0 aliphatic rings. The molecule has 1 aromatic carbocycles. The van der Waals surface area contributed by atoms with Crippen LogP contribution in [0.15, 0.2) is 30.6 Å². The number of aryl methyl sites for hydroxylation is 2. The zero-order valence-electron chi connectivity index (χ0n) is 12.8. The van der Waals surface area contributed by atoms with Crippen molar-refractivity contribution in [2.75, 3.05) is 11.9 Å². The van der Waals surface area contributed by atoms with E-state index in [4.69, 9.17) is 16.3 Å². The molecule has 1 aromatic heterocycles. The first kappa shape index (κ1) is 16.4. The van der Waals surface area contributed by atoms with Crippen molar-refractivity contribution in [2.24, 2.45) is 0 Å². The van der Waals surface area contributed by atoms with Gasteiger partial charge in [0.2, 0.25) is 5.91 Å². The third-order valence-electron chi connectivity index (χ3n) is 3.01. The van der Waals surface area contributed by atoms with Gasteiger partial charge in [-0.1, -0.05) is 18.5 Å². The van der Waals surface area contributed by atoms with Crippen molar-refractivity contribution in [3.05, 3.63) is 41.2 Å². The van der Waals surface area contributed by atoms with Crippen LogP contribution in [-0.2, 0) is 11.3 Å². The van der Waals surface area contributed by atoms with Gasteiger partial charge in [-0.2, -0.15) is 5.10 Å². The van der Waals surface area contributed by atoms with Crippen LogP contribution < -0.4 is 10.1 Å². The highest BCUT2D eigenvalue weighted by Gasteiger charge is 2.09. The molecule has 0 fully saturated rings. The molecule has 22 heavy (non-hydrogen) atoms. The number of hydrogen-bond acceptors (Lipinski definition) is 3. The summed E-state index contributed by atoms with van der Waals surface area (Å²) in [5.74, 6) is 0.534. The Kier molecular flexibility index (Phi) is 5.83. The number of rotatable bonds is 7. The molecular formula is C16H20ClN3O2. The van der Waals surface area contributed by atoms with E-state index >= 15 is 0 Å². The highest BCUT2D eigenvalue weighted by molar-refractivity contribution is 6.31. The number of nitrogens with one attached hydrogen (secondary N) is 1. The normalized spacial score (nSPS) is 10.5. The molecule has 2 aromatic rings. The average Bonchev–Trinajstić information content (AvgIpc) is 2.90. The lowest BCUT2D eigenvalue weighted by Gasteiger charge is -2.12. The van der Waals surface area contributed by atoms with Crippen LogP contribution in [-0.4, -0.2) is 22.3 Å². The summed E-state index contributed by atoms with van der Waals surface area (Å²) in [6.07, 6.45) is 4.91. The summed E-state index contributed by atoms with van der Waals surface area (Å²) in [6.45, 7) is 5.12. The van der Waals surface area contributed by atoms with E-state index in [1.54, 1.807) is 29.1 Å². The molecule has 1 amide bonds. The second-order valence-electron chi connectivity index (χ2n) is 5.07. The summed E-state index contributed by atoms with van der Waals surface area (Å²) in [5, 5.41) is 7.56. The van der Waals surface area contributed by atoms with Crippen molar-refractivity contribution in [1.82, 2.24) is 9.78 Å². The molecule has 5 nitrogen and oxygen atoms in total. The number of amides is 1. The maximum Gasteiger partial charge on any atom is 0.226 e. The minimum Gasteiger partial charge on any atom is -0.491 e. The highest BCUT2D eigenvalue weighted by Crippen LogP contribution is 2.28. The lowest BCUT2D eigenvalue weighted by molar-refractivity contribution is -0.116. The fourth-order valence-electron chi connectivity index (χ4n) is 1.96. The van der Waals surface area contributed by atoms with Gasteiger partial charge in [0.15, 0.2) is 0 Å². The molecule has 1 heterocycles. The van der Waals surface area contributed by atoms with Gasteiger partial charge in [-0.3, -0.25) is 9.48 Å². The molecule has 0 saturated heterocycles. The van der Waals surface area contributed by atoms with E-state index in [9.17, 15) is 4.79 Å². The summed E-state index contributed by atoms with van der Waals surface area (Å²) in [6, 6.07) is 5.21. The summed E-state index contributed by atoms with van der Waals surface area (Å²) in [5.41, 5.74) is 1.67. The summed E-state index contributed by atoms with van der Waals surface area (Å²) < 4.78 is 7.37. The first-order chi connectivity index (χ1) is 10.6. The molecule has 2 rings (SSSR count). The van der Waals surface area contributed by atoms with Crippen molar-refractivity contribution in [3.8, 4) is 5.75 Å². The lowest BCUT2D eigenvalue weighted by atomic mass is 10.2. The molecule has 118 valence electrons. The number of aromatic nitrogens is 2. The SMILES string of the molecule is CCCOc1ccc(Cl)cc1NC(=O)CCn1cc(C)cn1. The largest absolute Gasteiger partial charge is 0.491 e. The molecule has 0 bridgehead atoms. The minimum absolute atomic E-state index is 0.100. The van der Waals surface area contributed by atoms with Crippen LogP contribution in [0, 0.1) is 6.92 Å². The molecule has 0 aliphatic carbocycles. The Labute approximate surface area is 135 Å². The fourth-order valence-corrected chi connectivity index (χ4v) is 2.13. The number of ether oxygens (including phenoxy) is 1. The van der Waals surface area contributed by atoms with Gasteiger partial charge in [-0.25, -0.2) is 0 Å². The van der Waals surface area contributed by atoms with Gasteiger partial charge < -0.3 is 10.1 Å². The van der Waals surface area contributed by atoms with Crippen LogP contribution in [0.5, 0.6) is 5.75 Å². The second kappa shape index (κ2) is 7.84. The zero-order valence-corrected chi connectivity index (χ0v) is 13.6. The van der Waals surface area contributed by atoms with Crippen LogP contribution in [0.4, 0.5) is 5.69 Å². The van der Waals surface area contributed by atoms with E-state index in [-0.39, 0.29) is 5.91 Å². The van der Waals surface area contributed by atoms with Crippen LogP contribution in [0.1, 0.15) is 25.3 Å². The number of halogens is 1. The van der Waals surface area contributed by atoms with E-state index in [1.807, 2.05) is 20.0 Å². The number of carbonyl (C=O) groups is 1. The average molecular weight is 322 g/mol. The quantitative estimate of drug-likeness (QED) is 0.846. The van der Waals surface area contributed by atoms with Gasteiger partial charge in [0, 0.05) is 24.2 Å². The van der Waals surface area contributed by atoms with Crippen LogP contribution in [0.3, 0.4) is 0 Å². The predicted octanol–water partition coefficient (Wildman–Crippen LogP) is 3.66. The monoisotopic (exact) mass is 321 g/mol. The summed E-state index contributed by atoms with van der Waals surface area (Å²) in [7, 11) is 0. The number of carbonyl (C=O) groups excluding carboxylic acids is 1. The van der Waals surface area contributed by atoms with Gasteiger partial charge in [-0.05, 0) is 37.1 Å². The number of nitrogens with zero attached hydrogens (tertiary/aromatic N) is 2. The zero-order chi connectivity index (χ0) is 15.9. The topological polar surface area (TPSA) is 56.1 Å². The predicted molar refractivity (Wildman–Crippen MR) is 87.4 cm³/mol. The Morgan fingerprint density at radius 2 is 2.27 bits per heavy atom. The first-order valence-electron chi connectivity index (χ1n) is 7.29. The molecule has 0 unspecified atom stereocenters. The van der Waals surface area contributed by atoms with Crippen molar-refractivity contribution in [2.45, 2.75) is 33.2 Å². The van der Waals surface area contributed by atoms with E-state index in [1.165, 1.54) is 0 Å². The van der Waals surface area contributed by atoms with Crippen LogP contribution in [0.25, 0.3) is 0 Å². The standard InChI is InChI=1S/C16H20ClN3O2/c1-3-8-22-15-5-4-13(17)9-14(15)19-16(21)6-7-20-11-12(2)10-18-20/h4-5,9-11H,3,6-8H2,1-2H3,(H,19,21). The van der Waals surface area contributed by atoms with E-state index in [0.717, 1.165) is 12.0 Å². The molecule has 0 aliphatic heterocycles. The minimum atomic E-state index is -0.100. The van der Waals surface area contributed by atoms with Gasteiger partial charge in [0.25, 0.3) is 0 Å². The van der Waals surface area contributed by atoms with Crippen molar-refractivity contribution in [3.63, 3.8) is 0 Å². The third-order valence-corrected chi connectivity index (χ3v) is 3.24. The van der Waals surface area contributed by atoms with Crippen molar-refractivity contribution >= 4 is 23.2 Å². The van der Waals surface area contributed by atoms with Crippen LogP contribution in [0.2, 0.25) is 5.02 Å². The molecule has 0 radical (unpaired) electrons. The van der Waals surface area contributed by atoms with E-state index in [0.29, 0.717) is 36.0 Å². The number of hydrogen-bond donors (Lipinski definition) is 1. The van der Waals surface area contributed by atoms with E-state index in [2.05, 4.69) is 10.4 Å². The first-order valence-corrected chi connectivity index (χ1v) is 7.67. The van der Waals surface area contributed by atoms with E-state index < -0.39 is 0 Å². The number of benzene rings is 1. The molecular weight excluding hydrogens is 302 g/mol. The van der Waals surface area contributed by atoms with Gasteiger partial charge >= 0.3 is 0 Å². The summed E-state index contributed by atoms with van der Waals surface area (Å²) in [4.78, 5) is 12.1. The van der Waals surface area contributed by atoms with Gasteiger partial charge in [0.1, 0.15) is 5.75 Å². The van der Waals surface area contributed by atoms with Crippen molar-refractivity contribution in [1.29, 1.82) is 0 Å². The highest BCUT2D eigenvalue weighted by atomic mass is 35.5. The molecule has 0 spiro atoms. The lowest BCUT2D eigenvalue weighted by Crippen LogP contribution is -2.15. The third kappa shape index (κ3) is 4.77.